The van der Waals surface area contributed by atoms with Gasteiger partial charge in [0.05, 0.1) is 16.1 Å². The second kappa shape index (κ2) is 8.43. The first kappa shape index (κ1) is 25.1. The molecule has 0 radical (unpaired) electrons. The van der Waals surface area contributed by atoms with Crippen molar-refractivity contribution in [1.29, 1.82) is 0 Å². The molecule has 0 atom stereocenters. The van der Waals surface area contributed by atoms with Crippen LogP contribution in [0.3, 0.4) is 0 Å². The molecule has 25 heavy (non-hydrogen) atoms. The Kier molecular flexibility index (Phi) is 8.48. The Bertz CT molecular complexity index is 371. The smallest absolute Gasteiger partial charge is 0.0852 e. The SMILES string of the molecule is C=C(C)C(N)([Si](C(C)C)(C(C)C)C(C)C)[Si](C(C)C)(C(C)C)C(C)C. The summed E-state index contributed by atoms with van der Waals surface area (Å²) in [5.41, 5.74) is 13.0. The van der Waals surface area contributed by atoms with Crippen molar-refractivity contribution >= 4 is 16.1 Å². The Hall–Kier alpha value is 0.134. The zero-order chi connectivity index (χ0) is 20.5. The van der Waals surface area contributed by atoms with Gasteiger partial charge in [-0.2, -0.15) is 0 Å². The molecular weight excluding hydrogens is 334 g/mol. The van der Waals surface area contributed by atoms with Crippen LogP contribution in [-0.4, -0.2) is 20.9 Å². The maximum atomic E-state index is 7.83. The van der Waals surface area contributed by atoms with E-state index >= 15 is 0 Å². The molecule has 0 heterocycles. The summed E-state index contributed by atoms with van der Waals surface area (Å²) in [4.78, 5) is -0.160. The van der Waals surface area contributed by atoms with Crippen LogP contribution in [0.15, 0.2) is 12.2 Å². The van der Waals surface area contributed by atoms with Crippen molar-refractivity contribution in [3.63, 3.8) is 0 Å². The van der Waals surface area contributed by atoms with E-state index in [2.05, 4.69) is 96.6 Å². The third kappa shape index (κ3) is 3.27. The standard InChI is InChI=1S/C22H49NSi2/c1-15(2)22(23,24(16(3)4,17(5)6)18(7)8)25(19(9)10,20(11)12)21(13)14/h16-21H,1,23H2,2-14H3. The molecule has 3 heteroatoms. The summed E-state index contributed by atoms with van der Waals surface area (Å²) in [6, 6.07) is 0. The minimum Gasteiger partial charge on any atom is -0.327 e. The van der Waals surface area contributed by atoms with E-state index in [1.807, 2.05) is 0 Å². The molecule has 0 saturated carbocycles. The monoisotopic (exact) mass is 383 g/mol. The quantitative estimate of drug-likeness (QED) is 0.320. The Morgan fingerprint density at radius 3 is 0.840 bits per heavy atom. The summed E-state index contributed by atoms with van der Waals surface area (Å²) < 4.78 is 0. The zero-order valence-electron chi connectivity index (χ0n) is 19.7. The molecule has 0 aromatic heterocycles. The van der Waals surface area contributed by atoms with Crippen molar-refractivity contribution in [1.82, 2.24) is 0 Å². The highest BCUT2D eigenvalue weighted by Crippen LogP contribution is 2.60. The fraction of sp³-hybridized carbons (Fsp3) is 0.909. The second-order valence-electron chi connectivity index (χ2n) is 10.4. The van der Waals surface area contributed by atoms with Crippen molar-refractivity contribution in [3.05, 3.63) is 12.2 Å². The first-order valence-corrected chi connectivity index (χ1v) is 15.0. The van der Waals surface area contributed by atoms with Gasteiger partial charge in [-0.1, -0.05) is 95.2 Å². The lowest BCUT2D eigenvalue weighted by Crippen LogP contribution is -2.83. The Labute approximate surface area is 162 Å². The van der Waals surface area contributed by atoms with Gasteiger partial charge in [-0.05, 0) is 40.2 Å². The number of rotatable bonds is 9. The summed E-state index contributed by atoms with van der Waals surface area (Å²) in [5, 5.41) is 0. The molecule has 0 bridgehead atoms. The molecule has 0 unspecified atom stereocenters. The van der Waals surface area contributed by atoms with E-state index in [1.165, 1.54) is 5.57 Å². The van der Waals surface area contributed by atoms with Crippen molar-refractivity contribution in [2.75, 3.05) is 0 Å². The molecule has 0 aromatic carbocycles. The molecular formula is C22H49NSi2. The highest BCUT2D eigenvalue weighted by molar-refractivity contribution is 7.05. The van der Waals surface area contributed by atoms with Gasteiger partial charge in [0.2, 0.25) is 0 Å². The third-order valence-corrected chi connectivity index (χ3v) is 25.4. The fourth-order valence-electron chi connectivity index (χ4n) is 7.85. The van der Waals surface area contributed by atoms with E-state index in [-0.39, 0.29) is 4.79 Å². The van der Waals surface area contributed by atoms with Gasteiger partial charge >= 0.3 is 0 Å². The molecule has 0 aliphatic rings. The maximum absolute atomic E-state index is 7.83. The van der Waals surface area contributed by atoms with Crippen LogP contribution in [0.2, 0.25) is 33.2 Å². The molecule has 150 valence electrons. The van der Waals surface area contributed by atoms with Crippen molar-refractivity contribution in [2.45, 2.75) is 128 Å². The largest absolute Gasteiger partial charge is 0.327 e. The predicted molar refractivity (Wildman–Crippen MR) is 124 cm³/mol. The number of hydrogen-bond donors (Lipinski definition) is 1. The molecule has 0 aliphatic heterocycles. The molecule has 1 nitrogen and oxygen atoms in total. The minimum absolute atomic E-state index is 0.160. The van der Waals surface area contributed by atoms with Crippen LogP contribution in [0.25, 0.3) is 0 Å². The predicted octanol–water partition coefficient (Wildman–Crippen LogP) is 7.70. The Balaban J connectivity index is 7.41. The lowest BCUT2D eigenvalue weighted by Gasteiger charge is -2.67. The van der Waals surface area contributed by atoms with Gasteiger partial charge in [-0.3, -0.25) is 0 Å². The first-order chi connectivity index (χ1) is 11.1. The fourth-order valence-corrected chi connectivity index (χ4v) is 31.0. The number of hydrogen-bond acceptors (Lipinski definition) is 1. The van der Waals surface area contributed by atoms with Crippen molar-refractivity contribution < 1.29 is 0 Å². The molecule has 0 aliphatic carbocycles. The topological polar surface area (TPSA) is 26.0 Å². The molecule has 2 N–H and O–H groups in total. The summed E-state index contributed by atoms with van der Waals surface area (Å²) >= 11 is 0. The minimum atomic E-state index is -1.93. The summed E-state index contributed by atoms with van der Waals surface area (Å²) in [7, 11) is -3.86. The third-order valence-electron chi connectivity index (χ3n) is 7.77. The van der Waals surface area contributed by atoms with Gasteiger partial charge in [0.1, 0.15) is 0 Å². The first-order valence-electron chi connectivity index (χ1n) is 10.6. The molecule has 0 amide bonds. The lowest BCUT2D eigenvalue weighted by molar-refractivity contribution is 0.650. The van der Waals surface area contributed by atoms with Gasteiger partial charge in [0.15, 0.2) is 0 Å². The average Bonchev–Trinajstić information content (AvgIpc) is 2.36. The summed E-state index contributed by atoms with van der Waals surface area (Å²) in [6.07, 6.45) is 0. The van der Waals surface area contributed by atoms with Crippen molar-refractivity contribution in [3.8, 4) is 0 Å². The van der Waals surface area contributed by atoms with Crippen molar-refractivity contribution in [2.24, 2.45) is 5.73 Å². The molecule has 0 spiro atoms. The van der Waals surface area contributed by atoms with E-state index in [0.717, 1.165) is 0 Å². The number of nitrogens with two attached hydrogens (primary N) is 1. The van der Waals surface area contributed by atoms with Gasteiger partial charge in [0, 0.05) is 4.79 Å². The molecule has 0 fully saturated rings. The molecule has 0 aromatic rings. The Morgan fingerprint density at radius 1 is 0.600 bits per heavy atom. The van der Waals surface area contributed by atoms with E-state index < -0.39 is 16.1 Å². The van der Waals surface area contributed by atoms with Crippen LogP contribution >= 0.6 is 0 Å². The summed E-state index contributed by atoms with van der Waals surface area (Å²) in [5.74, 6) is 0. The maximum Gasteiger partial charge on any atom is 0.0852 e. The van der Waals surface area contributed by atoms with Crippen LogP contribution < -0.4 is 5.73 Å². The average molecular weight is 384 g/mol. The van der Waals surface area contributed by atoms with E-state index in [9.17, 15) is 0 Å². The van der Waals surface area contributed by atoms with Crippen LogP contribution in [-0.2, 0) is 0 Å². The normalized spacial score (nSPS) is 14.7. The zero-order valence-corrected chi connectivity index (χ0v) is 21.7. The highest BCUT2D eigenvalue weighted by Gasteiger charge is 2.68. The van der Waals surface area contributed by atoms with Crippen LogP contribution in [0.5, 0.6) is 0 Å². The summed E-state index contributed by atoms with van der Waals surface area (Å²) in [6.45, 7) is 36.3. The van der Waals surface area contributed by atoms with Gasteiger partial charge in [-0.15, -0.1) is 0 Å². The lowest BCUT2D eigenvalue weighted by atomic mass is 10.3. The van der Waals surface area contributed by atoms with Gasteiger partial charge in [0.25, 0.3) is 0 Å². The molecule has 0 saturated heterocycles. The van der Waals surface area contributed by atoms with E-state index in [4.69, 9.17) is 5.73 Å². The van der Waals surface area contributed by atoms with Gasteiger partial charge < -0.3 is 5.73 Å². The second-order valence-corrected chi connectivity index (χ2v) is 23.1. The van der Waals surface area contributed by atoms with Crippen LogP contribution in [0.4, 0.5) is 0 Å². The van der Waals surface area contributed by atoms with E-state index in [1.54, 1.807) is 0 Å². The Morgan fingerprint density at radius 2 is 0.760 bits per heavy atom. The van der Waals surface area contributed by atoms with Crippen LogP contribution in [0, 0.1) is 0 Å². The molecule has 0 rings (SSSR count). The van der Waals surface area contributed by atoms with E-state index in [0.29, 0.717) is 33.2 Å². The van der Waals surface area contributed by atoms with Gasteiger partial charge in [-0.25, -0.2) is 0 Å². The van der Waals surface area contributed by atoms with Crippen LogP contribution in [0.1, 0.15) is 90.0 Å². The highest BCUT2D eigenvalue weighted by atomic mass is 28.4.